The quantitative estimate of drug-likeness (QED) is 0.568. The summed E-state index contributed by atoms with van der Waals surface area (Å²) in [6.45, 7) is 4.60. The molecule has 0 aromatic heterocycles. The molecule has 1 N–H and O–H groups in total. The zero-order valence-electron chi connectivity index (χ0n) is 8.71. The summed E-state index contributed by atoms with van der Waals surface area (Å²) in [6, 6.07) is 0. The van der Waals surface area contributed by atoms with E-state index in [0.29, 0.717) is 5.92 Å². The zero-order chi connectivity index (χ0) is 9.42. The number of hydrogen-bond donors (Lipinski definition) is 1. The largest absolute Gasteiger partial charge is 0.393 e. The second kappa shape index (κ2) is 3.45. The predicted octanol–water partition coefficient (Wildman–Crippen LogP) is 2.89. The fraction of sp³-hybridized carbons (Fsp3) is 0.833. The fourth-order valence-electron chi connectivity index (χ4n) is 2.97. The second-order valence-corrected chi connectivity index (χ2v) is 4.86. The number of fused-ring (bicyclic) bond motifs is 1. The van der Waals surface area contributed by atoms with Crippen LogP contribution in [0.15, 0.2) is 11.1 Å². The monoisotopic (exact) mass is 180 g/mol. The highest BCUT2D eigenvalue weighted by Gasteiger charge is 2.32. The first-order valence-electron chi connectivity index (χ1n) is 5.55. The molecule has 0 heterocycles. The minimum Gasteiger partial charge on any atom is -0.393 e. The van der Waals surface area contributed by atoms with E-state index in [2.05, 4.69) is 13.8 Å². The maximum absolute atomic E-state index is 9.75. The standard InChI is InChI=1S/C12H20O/c1-8-3-5-10(13)7-12-9(2)4-6-11(8)12/h9-10,12-13H,3-7H2,1-2H3. The van der Waals surface area contributed by atoms with Gasteiger partial charge in [-0.1, -0.05) is 18.1 Å². The molecular weight excluding hydrogens is 160 g/mol. The van der Waals surface area contributed by atoms with Gasteiger partial charge < -0.3 is 5.11 Å². The molecule has 0 amide bonds. The first-order chi connectivity index (χ1) is 6.18. The van der Waals surface area contributed by atoms with Crippen molar-refractivity contribution in [1.82, 2.24) is 0 Å². The normalized spacial score (nSPS) is 40.4. The van der Waals surface area contributed by atoms with E-state index in [1.807, 2.05) is 0 Å². The van der Waals surface area contributed by atoms with Gasteiger partial charge in [0, 0.05) is 0 Å². The Balaban J connectivity index is 2.23. The molecule has 1 saturated carbocycles. The average Bonchev–Trinajstić information content (AvgIpc) is 2.37. The Morgan fingerprint density at radius 3 is 2.77 bits per heavy atom. The molecule has 0 aliphatic heterocycles. The van der Waals surface area contributed by atoms with E-state index in [-0.39, 0.29) is 6.10 Å². The van der Waals surface area contributed by atoms with Gasteiger partial charge in [0.1, 0.15) is 0 Å². The molecule has 1 heteroatoms. The molecule has 0 aromatic carbocycles. The molecule has 3 atom stereocenters. The van der Waals surface area contributed by atoms with Crippen molar-refractivity contribution in [2.75, 3.05) is 0 Å². The molecule has 0 saturated heterocycles. The van der Waals surface area contributed by atoms with E-state index in [4.69, 9.17) is 0 Å². The number of allylic oxidation sites excluding steroid dienone is 2. The van der Waals surface area contributed by atoms with Crippen LogP contribution in [0.1, 0.15) is 46.0 Å². The summed E-state index contributed by atoms with van der Waals surface area (Å²) in [5.74, 6) is 1.51. The van der Waals surface area contributed by atoms with Crippen molar-refractivity contribution >= 4 is 0 Å². The molecule has 1 nitrogen and oxygen atoms in total. The van der Waals surface area contributed by atoms with E-state index in [1.165, 1.54) is 12.8 Å². The van der Waals surface area contributed by atoms with Gasteiger partial charge in [-0.05, 0) is 50.9 Å². The molecule has 13 heavy (non-hydrogen) atoms. The minimum atomic E-state index is -0.0435. The Morgan fingerprint density at radius 2 is 2.00 bits per heavy atom. The lowest BCUT2D eigenvalue weighted by molar-refractivity contribution is 0.136. The van der Waals surface area contributed by atoms with Gasteiger partial charge >= 0.3 is 0 Å². The molecule has 2 aliphatic carbocycles. The van der Waals surface area contributed by atoms with Gasteiger partial charge in [-0.2, -0.15) is 0 Å². The van der Waals surface area contributed by atoms with Crippen LogP contribution in [0, 0.1) is 11.8 Å². The van der Waals surface area contributed by atoms with Crippen LogP contribution in [0.2, 0.25) is 0 Å². The molecule has 0 bridgehead atoms. The number of rotatable bonds is 0. The van der Waals surface area contributed by atoms with Crippen molar-refractivity contribution in [2.24, 2.45) is 11.8 Å². The maximum atomic E-state index is 9.75. The van der Waals surface area contributed by atoms with Crippen molar-refractivity contribution in [2.45, 2.75) is 52.1 Å². The van der Waals surface area contributed by atoms with Crippen LogP contribution >= 0.6 is 0 Å². The lowest BCUT2D eigenvalue weighted by atomic mass is 9.89. The van der Waals surface area contributed by atoms with Crippen molar-refractivity contribution in [3.63, 3.8) is 0 Å². The Hall–Kier alpha value is -0.300. The SMILES string of the molecule is CC1=C2CCC(C)C2CC(O)CC1. The molecule has 0 spiro atoms. The third kappa shape index (κ3) is 1.67. The van der Waals surface area contributed by atoms with Gasteiger partial charge in [-0.3, -0.25) is 0 Å². The third-order valence-corrected chi connectivity index (χ3v) is 3.93. The molecule has 1 fully saturated rings. The summed E-state index contributed by atoms with van der Waals surface area (Å²) < 4.78 is 0. The lowest BCUT2D eigenvalue weighted by Gasteiger charge is -2.18. The maximum Gasteiger partial charge on any atom is 0.0549 e. The first kappa shape index (κ1) is 9.26. The zero-order valence-corrected chi connectivity index (χ0v) is 8.71. The van der Waals surface area contributed by atoms with Crippen molar-refractivity contribution in [3.8, 4) is 0 Å². The average molecular weight is 180 g/mol. The lowest BCUT2D eigenvalue weighted by Crippen LogP contribution is -2.14. The van der Waals surface area contributed by atoms with Crippen molar-refractivity contribution in [1.29, 1.82) is 0 Å². The van der Waals surface area contributed by atoms with Gasteiger partial charge in [-0.25, -0.2) is 0 Å². The Morgan fingerprint density at radius 1 is 1.23 bits per heavy atom. The minimum absolute atomic E-state index is 0.0435. The van der Waals surface area contributed by atoms with E-state index in [1.54, 1.807) is 11.1 Å². The third-order valence-electron chi connectivity index (χ3n) is 3.93. The summed E-state index contributed by atoms with van der Waals surface area (Å²) in [4.78, 5) is 0. The van der Waals surface area contributed by atoms with Crippen LogP contribution in [0.4, 0.5) is 0 Å². The molecule has 0 aromatic rings. The summed E-state index contributed by atoms with van der Waals surface area (Å²) in [7, 11) is 0. The van der Waals surface area contributed by atoms with Gasteiger partial charge in [-0.15, -0.1) is 0 Å². The van der Waals surface area contributed by atoms with Crippen molar-refractivity contribution < 1.29 is 5.11 Å². The Kier molecular flexibility index (Phi) is 2.46. The summed E-state index contributed by atoms with van der Waals surface area (Å²) in [5.41, 5.74) is 3.26. The molecular formula is C12H20O. The summed E-state index contributed by atoms with van der Waals surface area (Å²) in [5, 5.41) is 9.75. The topological polar surface area (TPSA) is 20.2 Å². The highest BCUT2D eigenvalue weighted by molar-refractivity contribution is 5.21. The molecule has 3 unspecified atom stereocenters. The fourth-order valence-corrected chi connectivity index (χ4v) is 2.97. The van der Waals surface area contributed by atoms with E-state index >= 15 is 0 Å². The van der Waals surface area contributed by atoms with Crippen LogP contribution in [-0.2, 0) is 0 Å². The molecule has 2 rings (SSSR count). The summed E-state index contributed by atoms with van der Waals surface area (Å²) >= 11 is 0. The van der Waals surface area contributed by atoms with Crippen LogP contribution < -0.4 is 0 Å². The van der Waals surface area contributed by atoms with E-state index < -0.39 is 0 Å². The summed E-state index contributed by atoms with van der Waals surface area (Å²) in [6.07, 6.45) is 5.72. The predicted molar refractivity (Wildman–Crippen MR) is 54.4 cm³/mol. The van der Waals surface area contributed by atoms with Gasteiger partial charge in [0.25, 0.3) is 0 Å². The Bertz CT molecular complexity index is 229. The highest BCUT2D eigenvalue weighted by Crippen LogP contribution is 2.43. The number of aliphatic hydroxyl groups excluding tert-OH is 1. The van der Waals surface area contributed by atoms with Crippen molar-refractivity contribution in [3.05, 3.63) is 11.1 Å². The number of aliphatic hydroxyl groups is 1. The van der Waals surface area contributed by atoms with E-state index in [9.17, 15) is 5.11 Å². The van der Waals surface area contributed by atoms with Crippen LogP contribution in [0.3, 0.4) is 0 Å². The second-order valence-electron chi connectivity index (χ2n) is 4.86. The van der Waals surface area contributed by atoms with Gasteiger partial charge in [0.2, 0.25) is 0 Å². The van der Waals surface area contributed by atoms with Crippen LogP contribution in [0.5, 0.6) is 0 Å². The Labute approximate surface area is 80.8 Å². The van der Waals surface area contributed by atoms with Gasteiger partial charge in [0.15, 0.2) is 0 Å². The van der Waals surface area contributed by atoms with E-state index in [0.717, 1.165) is 25.2 Å². The molecule has 74 valence electrons. The van der Waals surface area contributed by atoms with Crippen LogP contribution in [-0.4, -0.2) is 11.2 Å². The highest BCUT2D eigenvalue weighted by atomic mass is 16.3. The number of hydrogen-bond acceptors (Lipinski definition) is 1. The molecule has 2 aliphatic rings. The van der Waals surface area contributed by atoms with Gasteiger partial charge in [0.05, 0.1) is 6.10 Å². The first-order valence-corrected chi connectivity index (χ1v) is 5.55. The smallest absolute Gasteiger partial charge is 0.0549 e. The van der Waals surface area contributed by atoms with Crippen LogP contribution in [0.25, 0.3) is 0 Å². The molecule has 0 radical (unpaired) electrons.